The molecule has 0 amide bonds. The van der Waals surface area contributed by atoms with E-state index in [4.69, 9.17) is 18.9 Å². The molecule has 1 heterocycles. The van der Waals surface area contributed by atoms with Gasteiger partial charge in [-0.25, -0.2) is 4.79 Å². The second kappa shape index (κ2) is 8.81. The van der Waals surface area contributed by atoms with Crippen LogP contribution in [0.25, 0.3) is 0 Å². The number of carbonyl (C=O) groups is 1. The van der Waals surface area contributed by atoms with Gasteiger partial charge < -0.3 is 44.5 Å². The maximum absolute atomic E-state index is 13.0. The zero-order valence-electron chi connectivity index (χ0n) is 18.2. The first-order valence-corrected chi connectivity index (χ1v) is 10.1. The number of benzene rings is 3. The average Bonchev–Trinajstić information content (AvgIpc) is 2.81. The van der Waals surface area contributed by atoms with E-state index in [1.807, 2.05) is 0 Å². The van der Waals surface area contributed by atoms with Crippen molar-refractivity contribution in [1.82, 2.24) is 0 Å². The van der Waals surface area contributed by atoms with Gasteiger partial charge in [-0.05, 0) is 24.3 Å². The zero-order valence-corrected chi connectivity index (χ0v) is 18.2. The summed E-state index contributed by atoms with van der Waals surface area (Å²) in [5, 5.41) is 49.9. The number of rotatable bonds is 5. The Morgan fingerprint density at radius 2 is 1.56 bits per heavy atom. The third-order valence-electron chi connectivity index (χ3n) is 5.47. The Labute approximate surface area is 193 Å². The number of aromatic hydroxyl groups is 5. The minimum atomic E-state index is -0.981. The number of phenols is 5. The Morgan fingerprint density at radius 3 is 2.18 bits per heavy atom. The van der Waals surface area contributed by atoms with Crippen LogP contribution in [0.4, 0.5) is 0 Å². The van der Waals surface area contributed by atoms with Crippen LogP contribution in [0.1, 0.15) is 27.6 Å². The van der Waals surface area contributed by atoms with Crippen LogP contribution in [-0.2, 0) is 11.2 Å². The van der Waals surface area contributed by atoms with E-state index in [9.17, 15) is 30.3 Å². The summed E-state index contributed by atoms with van der Waals surface area (Å²) >= 11 is 0. The largest absolute Gasteiger partial charge is 0.508 e. The molecule has 2 unspecified atom stereocenters. The second-order valence-electron chi connectivity index (χ2n) is 7.61. The van der Waals surface area contributed by atoms with E-state index in [0.29, 0.717) is 11.1 Å². The van der Waals surface area contributed by atoms with Crippen LogP contribution in [0.3, 0.4) is 0 Å². The van der Waals surface area contributed by atoms with Gasteiger partial charge in [-0.1, -0.05) is 6.07 Å². The molecule has 3 aromatic rings. The molecule has 0 bridgehead atoms. The standard InChI is InChI=1S/C24H22O10/c1-31-19-6-12(7-20(32-2)22(19)29)24(30)34-21-10-14-16(27)8-13(25)9-18(14)33-23(21)11-3-4-15(26)17(28)5-11/h3-9,21,23,25-29H,10H2,1-2H3. The maximum atomic E-state index is 13.0. The van der Waals surface area contributed by atoms with Crippen molar-refractivity contribution >= 4 is 5.97 Å². The molecule has 2 atom stereocenters. The van der Waals surface area contributed by atoms with E-state index in [1.54, 1.807) is 0 Å². The van der Waals surface area contributed by atoms with E-state index < -0.39 is 23.9 Å². The van der Waals surface area contributed by atoms with Crippen LogP contribution < -0.4 is 14.2 Å². The van der Waals surface area contributed by atoms with Crippen molar-refractivity contribution in [2.75, 3.05) is 14.2 Å². The Bertz CT molecular complexity index is 1230. The number of ether oxygens (including phenoxy) is 4. The van der Waals surface area contributed by atoms with Crippen molar-refractivity contribution in [1.29, 1.82) is 0 Å². The minimum Gasteiger partial charge on any atom is -0.508 e. The molecule has 178 valence electrons. The first kappa shape index (κ1) is 22.7. The van der Waals surface area contributed by atoms with E-state index in [-0.39, 0.29) is 52.2 Å². The Balaban J connectivity index is 1.72. The molecule has 10 heteroatoms. The molecule has 0 spiro atoms. The van der Waals surface area contributed by atoms with Gasteiger partial charge in [0.25, 0.3) is 0 Å². The smallest absolute Gasteiger partial charge is 0.338 e. The third-order valence-corrected chi connectivity index (χ3v) is 5.47. The lowest BCUT2D eigenvalue weighted by molar-refractivity contribution is -0.0189. The summed E-state index contributed by atoms with van der Waals surface area (Å²) < 4.78 is 21.8. The molecular weight excluding hydrogens is 448 g/mol. The number of fused-ring (bicyclic) bond motifs is 1. The van der Waals surface area contributed by atoms with Crippen LogP contribution >= 0.6 is 0 Å². The fourth-order valence-corrected chi connectivity index (χ4v) is 3.77. The monoisotopic (exact) mass is 470 g/mol. The van der Waals surface area contributed by atoms with Crippen LogP contribution in [-0.4, -0.2) is 51.8 Å². The number of methoxy groups -OCH3 is 2. The molecule has 1 aliphatic rings. The van der Waals surface area contributed by atoms with E-state index in [0.717, 1.165) is 6.07 Å². The van der Waals surface area contributed by atoms with Crippen LogP contribution in [0.15, 0.2) is 42.5 Å². The fraction of sp³-hybridized carbons (Fsp3) is 0.208. The van der Waals surface area contributed by atoms with Gasteiger partial charge in [-0.2, -0.15) is 0 Å². The van der Waals surface area contributed by atoms with Crippen molar-refractivity contribution in [2.24, 2.45) is 0 Å². The summed E-state index contributed by atoms with van der Waals surface area (Å²) in [5.41, 5.74) is 0.720. The summed E-state index contributed by atoms with van der Waals surface area (Å²) in [7, 11) is 2.64. The van der Waals surface area contributed by atoms with Crippen molar-refractivity contribution in [3.63, 3.8) is 0 Å². The molecule has 0 saturated carbocycles. The highest BCUT2D eigenvalue weighted by molar-refractivity contribution is 5.91. The van der Waals surface area contributed by atoms with Crippen molar-refractivity contribution in [3.05, 3.63) is 59.2 Å². The van der Waals surface area contributed by atoms with Crippen LogP contribution in [0.2, 0.25) is 0 Å². The quantitative estimate of drug-likeness (QED) is 0.277. The molecule has 0 saturated heterocycles. The van der Waals surface area contributed by atoms with Gasteiger partial charge >= 0.3 is 5.97 Å². The first-order chi connectivity index (χ1) is 16.2. The van der Waals surface area contributed by atoms with Crippen molar-refractivity contribution in [2.45, 2.75) is 18.6 Å². The lowest BCUT2D eigenvalue weighted by atomic mass is 9.93. The van der Waals surface area contributed by atoms with Gasteiger partial charge in [0.05, 0.1) is 19.8 Å². The number of esters is 1. The van der Waals surface area contributed by atoms with E-state index in [2.05, 4.69) is 0 Å². The highest BCUT2D eigenvalue weighted by atomic mass is 16.6. The van der Waals surface area contributed by atoms with Gasteiger partial charge in [0.15, 0.2) is 29.1 Å². The molecule has 0 aromatic heterocycles. The summed E-state index contributed by atoms with van der Waals surface area (Å²) in [5.74, 6) is -2.09. The predicted molar refractivity (Wildman–Crippen MR) is 117 cm³/mol. The molecule has 0 aliphatic carbocycles. The molecule has 10 nitrogen and oxygen atoms in total. The molecule has 4 rings (SSSR count). The molecule has 0 radical (unpaired) electrons. The molecule has 5 N–H and O–H groups in total. The molecule has 1 aliphatic heterocycles. The maximum Gasteiger partial charge on any atom is 0.338 e. The number of phenolic OH excluding ortho intramolecular Hbond substituents is 5. The summed E-state index contributed by atoms with van der Waals surface area (Å²) in [6, 6.07) is 9.04. The summed E-state index contributed by atoms with van der Waals surface area (Å²) in [6.07, 6.45) is -1.92. The van der Waals surface area contributed by atoms with Crippen LogP contribution in [0, 0.1) is 0 Å². The fourth-order valence-electron chi connectivity index (χ4n) is 3.77. The van der Waals surface area contributed by atoms with Gasteiger partial charge in [0.2, 0.25) is 5.75 Å². The van der Waals surface area contributed by atoms with Gasteiger partial charge in [0, 0.05) is 29.7 Å². The first-order valence-electron chi connectivity index (χ1n) is 10.1. The zero-order chi connectivity index (χ0) is 24.6. The number of carbonyl (C=O) groups excluding carboxylic acids is 1. The minimum absolute atomic E-state index is 0.00432. The lowest BCUT2D eigenvalue weighted by Gasteiger charge is -2.34. The molecule has 0 fully saturated rings. The normalized spacial score (nSPS) is 16.8. The Kier molecular flexibility index (Phi) is 5.89. The average molecular weight is 470 g/mol. The van der Waals surface area contributed by atoms with Gasteiger partial charge in [-0.3, -0.25) is 0 Å². The summed E-state index contributed by atoms with van der Waals surface area (Å²) in [4.78, 5) is 13.0. The van der Waals surface area contributed by atoms with Gasteiger partial charge in [0.1, 0.15) is 23.4 Å². The number of hydrogen-bond acceptors (Lipinski definition) is 10. The van der Waals surface area contributed by atoms with Crippen molar-refractivity contribution in [3.8, 4) is 46.0 Å². The van der Waals surface area contributed by atoms with E-state index >= 15 is 0 Å². The summed E-state index contributed by atoms with van der Waals surface area (Å²) in [6.45, 7) is 0. The second-order valence-corrected chi connectivity index (χ2v) is 7.61. The van der Waals surface area contributed by atoms with Gasteiger partial charge in [-0.15, -0.1) is 0 Å². The Morgan fingerprint density at radius 1 is 0.882 bits per heavy atom. The lowest BCUT2D eigenvalue weighted by Crippen LogP contribution is -2.34. The molecule has 3 aromatic carbocycles. The SMILES string of the molecule is COc1cc(C(=O)OC2Cc3c(O)cc(O)cc3OC2c2ccc(O)c(O)c2)cc(OC)c1O. The van der Waals surface area contributed by atoms with E-state index in [1.165, 1.54) is 50.6 Å². The predicted octanol–water partition coefficient (Wildman–Crippen LogP) is 3.13. The highest BCUT2D eigenvalue weighted by Crippen LogP contribution is 2.44. The molecular formula is C24H22O10. The van der Waals surface area contributed by atoms with Crippen LogP contribution in [0.5, 0.6) is 46.0 Å². The Hall–Kier alpha value is -4.47. The topological polar surface area (TPSA) is 155 Å². The highest BCUT2D eigenvalue weighted by Gasteiger charge is 2.37. The third kappa shape index (κ3) is 4.13. The van der Waals surface area contributed by atoms with Crippen molar-refractivity contribution < 1.29 is 49.3 Å². The number of hydrogen-bond donors (Lipinski definition) is 5. The molecule has 34 heavy (non-hydrogen) atoms.